The van der Waals surface area contributed by atoms with E-state index < -0.39 is 15.6 Å². The average Bonchev–Trinajstić information content (AvgIpc) is 2.65. The Balaban J connectivity index is 2.47. The maximum atomic E-state index is 11.9. The van der Waals surface area contributed by atoms with E-state index in [1.54, 1.807) is 14.2 Å². The van der Waals surface area contributed by atoms with Crippen molar-refractivity contribution in [3.63, 3.8) is 0 Å². The summed E-state index contributed by atoms with van der Waals surface area (Å²) in [6, 6.07) is 0. The molecular weight excluding hydrogens is 242 g/mol. The lowest BCUT2D eigenvalue weighted by atomic mass is 10.0. The van der Waals surface area contributed by atoms with Crippen LogP contribution in [0.2, 0.25) is 0 Å². The fourth-order valence-electron chi connectivity index (χ4n) is 2.25. The highest BCUT2D eigenvalue weighted by Crippen LogP contribution is 2.30. The molecule has 0 saturated heterocycles. The van der Waals surface area contributed by atoms with Gasteiger partial charge in [0.25, 0.3) is 0 Å². The molecule has 17 heavy (non-hydrogen) atoms. The molecule has 0 spiro atoms. The van der Waals surface area contributed by atoms with Crippen molar-refractivity contribution in [2.75, 3.05) is 33.1 Å². The van der Waals surface area contributed by atoms with Crippen LogP contribution in [0.1, 0.15) is 32.1 Å². The van der Waals surface area contributed by atoms with E-state index in [2.05, 4.69) is 0 Å². The molecule has 0 unspecified atom stereocenters. The van der Waals surface area contributed by atoms with Crippen LogP contribution in [-0.2, 0) is 14.8 Å². The lowest BCUT2D eigenvalue weighted by Crippen LogP contribution is -2.42. The minimum atomic E-state index is -3.26. The van der Waals surface area contributed by atoms with E-state index in [9.17, 15) is 13.5 Å². The van der Waals surface area contributed by atoms with Gasteiger partial charge in [0, 0.05) is 27.3 Å². The molecule has 5 nitrogen and oxygen atoms in total. The van der Waals surface area contributed by atoms with Crippen LogP contribution in [0.5, 0.6) is 0 Å². The molecule has 0 radical (unpaired) electrons. The van der Waals surface area contributed by atoms with Crippen molar-refractivity contribution in [3.05, 3.63) is 0 Å². The summed E-state index contributed by atoms with van der Waals surface area (Å²) in [4.78, 5) is 0. The van der Waals surface area contributed by atoms with Crippen LogP contribution in [0.3, 0.4) is 0 Å². The first-order valence-electron chi connectivity index (χ1n) is 6.05. The van der Waals surface area contributed by atoms with Crippen molar-refractivity contribution in [1.82, 2.24) is 4.31 Å². The van der Waals surface area contributed by atoms with E-state index in [1.165, 1.54) is 4.31 Å². The van der Waals surface area contributed by atoms with E-state index >= 15 is 0 Å². The first-order valence-corrected chi connectivity index (χ1v) is 7.66. The zero-order chi connectivity index (χ0) is 12.9. The summed E-state index contributed by atoms with van der Waals surface area (Å²) in [5, 5.41) is 10.2. The molecule has 0 aromatic heterocycles. The number of methoxy groups -OCH3 is 1. The normalized spacial score (nSPS) is 20.0. The van der Waals surface area contributed by atoms with Crippen LogP contribution in [0.15, 0.2) is 0 Å². The molecular formula is C11H23NO4S. The first kappa shape index (κ1) is 14.9. The quantitative estimate of drug-likeness (QED) is 0.684. The summed E-state index contributed by atoms with van der Waals surface area (Å²) in [7, 11) is -0.172. The smallest absolute Gasteiger partial charge is 0.214 e. The summed E-state index contributed by atoms with van der Waals surface area (Å²) in [5.74, 6) is 0.0768. The molecule has 1 rings (SSSR count). The number of likely N-dealkylation sites (N-methyl/N-ethyl adjacent to an activating group) is 1. The van der Waals surface area contributed by atoms with Gasteiger partial charge in [0.1, 0.15) is 0 Å². The predicted octanol–water partition coefficient (Wildman–Crippen LogP) is 0.590. The monoisotopic (exact) mass is 265 g/mol. The Kier molecular flexibility index (Phi) is 5.37. The topological polar surface area (TPSA) is 66.8 Å². The maximum Gasteiger partial charge on any atom is 0.214 e. The van der Waals surface area contributed by atoms with Crippen molar-refractivity contribution in [3.8, 4) is 0 Å². The molecule has 1 aliphatic rings. The van der Waals surface area contributed by atoms with Gasteiger partial charge < -0.3 is 9.84 Å². The Morgan fingerprint density at radius 3 is 2.47 bits per heavy atom. The van der Waals surface area contributed by atoms with Crippen molar-refractivity contribution >= 4 is 10.0 Å². The molecule has 0 amide bonds. The molecule has 1 aliphatic carbocycles. The van der Waals surface area contributed by atoms with Gasteiger partial charge in [-0.15, -0.1) is 0 Å². The second kappa shape index (κ2) is 6.13. The number of hydrogen-bond acceptors (Lipinski definition) is 4. The number of nitrogens with zero attached hydrogens (tertiary/aromatic N) is 1. The fourth-order valence-corrected chi connectivity index (χ4v) is 3.48. The minimum absolute atomic E-state index is 0.0768. The SMILES string of the molecule is COCCCS(=O)(=O)N(C)CC1(O)CCCC1. The third kappa shape index (κ3) is 4.54. The summed E-state index contributed by atoms with van der Waals surface area (Å²) in [6.07, 6.45) is 3.85. The molecule has 0 heterocycles. The largest absolute Gasteiger partial charge is 0.389 e. The van der Waals surface area contributed by atoms with Gasteiger partial charge in [0.2, 0.25) is 10.0 Å². The van der Waals surface area contributed by atoms with Gasteiger partial charge in [-0.1, -0.05) is 12.8 Å². The van der Waals surface area contributed by atoms with Gasteiger partial charge in [0.15, 0.2) is 0 Å². The van der Waals surface area contributed by atoms with Crippen molar-refractivity contribution in [1.29, 1.82) is 0 Å². The number of hydrogen-bond donors (Lipinski definition) is 1. The molecule has 0 bridgehead atoms. The van der Waals surface area contributed by atoms with Crippen LogP contribution < -0.4 is 0 Å². The Bertz CT molecular complexity index is 322. The molecule has 1 saturated carbocycles. The summed E-state index contributed by atoms with van der Waals surface area (Å²) < 4.78 is 29.9. The highest BCUT2D eigenvalue weighted by molar-refractivity contribution is 7.89. The second-order valence-corrected chi connectivity index (χ2v) is 7.05. The highest BCUT2D eigenvalue weighted by atomic mass is 32.2. The van der Waals surface area contributed by atoms with Crippen molar-refractivity contribution < 1.29 is 18.3 Å². The first-order chi connectivity index (χ1) is 7.90. The predicted molar refractivity (Wildman–Crippen MR) is 66.3 cm³/mol. The fraction of sp³-hybridized carbons (Fsp3) is 1.00. The van der Waals surface area contributed by atoms with Crippen molar-refractivity contribution in [2.45, 2.75) is 37.7 Å². The number of rotatable bonds is 7. The summed E-state index contributed by atoms with van der Waals surface area (Å²) >= 11 is 0. The zero-order valence-electron chi connectivity index (χ0n) is 10.7. The molecule has 6 heteroatoms. The molecule has 0 aromatic carbocycles. The molecule has 0 aliphatic heterocycles. The summed E-state index contributed by atoms with van der Waals surface area (Å²) in [5.41, 5.74) is -0.816. The van der Waals surface area contributed by atoms with E-state index in [0.717, 1.165) is 12.8 Å². The van der Waals surface area contributed by atoms with Gasteiger partial charge in [0.05, 0.1) is 11.4 Å². The molecule has 0 atom stereocenters. The lowest BCUT2D eigenvalue weighted by Gasteiger charge is -2.28. The van der Waals surface area contributed by atoms with Gasteiger partial charge in [-0.05, 0) is 19.3 Å². The number of sulfonamides is 1. The van der Waals surface area contributed by atoms with E-state index in [1.807, 2.05) is 0 Å². The maximum absolute atomic E-state index is 11.9. The number of ether oxygens (including phenoxy) is 1. The molecule has 1 fully saturated rings. The highest BCUT2D eigenvalue weighted by Gasteiger charge is 2.35. The van der Waals surface area contributed by atoms with Gasteiger partial charge in [-0.3, -0.25) is 0 Å². The third-order valence-corrected chi connectivity index (χ3v) is 5.16. The minimum Gasteiger partial charge on any atom is -0.389 e. The third-order valence-electron chi connectivity index (χ3n) is 3.28. The van der Waals surface area contributed by atoms with E-state index in [-0.39, 0.29) is 12.3 Å². The van der Waals surface area contributed by atoms with Crippen LogP contribution in [0, 0.1) is 0 Å². The Morgan fingerprint density at radius 1 is 1.35 bits per heavy atom. The summed E-state index contributed by atoms with van der Waals surface area (Å²) in [6.45, 7) is 0.652. The standard InChI is InChI=1S/C11H23NO4S/c1-12(10-11(13)6-3-4-7-11)17(14,15)9-5-8-16-2/h13H,3-10H2,1-2H3. The van der Waals surface area contributed by atoms with Crippen LogP contribution in [-0.4, -0.2) is 56.5 Å². The van der Waals surface area contributed by atoms with Crippen LogP contribution in [0.25, 0.3) is 0 Å². The average molecular weight is 265 g/mol. The molecule has 102 valence electrons. The van der Waals surface area contributed by atoms with E-state index in [0.29, 0.717) is 25.9 Å². The Labute approximate surface area is 104 Å². The van der Waals surface area contributed by atoms with Crippen LogP contribution in [0.4, 0.5) is 0 Å². The zero-order valence-corrected chi connectivity index (χ0v) is 11.5. The Morgan fingerprint density at radius 2 is 1.94 bits per heavy atom. The lowest BCUT2D eigenvalue weighted by molar-refractivity contribution is 0.0333. The van der Waals surface area contributed by atoms with Gasteiger partial charge in [-0.25, -0.2) is 12.7 Å². The van der Waals surface area contributed by atoms with E-state index in [4.69, 9.17) is 4.74 Å². The second-order valence-electron chi connectivity index (χ2n) is 4.85. The molecule has 0 aromatic rings. The van der Waals surface area contributed by atoms with Gasteiger partial charge >= 0.3 is 0 Å². The van der Waals surface area contributed by atoms with Crippen molar-refractivity contribution in [2.24, 2.45) is 0 Å². The number of aliphatic hydroxyl groups is 1. The Hall–Kier alpha value is -0.170. The van der Waals surface area contributed by atoms with Gasteiger partial charge in [-0.2, -0.15) is 0 Å². The van der Waals surface area contributed by atoms with Crippen LogP contribution >= 0.6 is 0 Å². The molecule has 1 N–H and O–H groups in total.